The van der Waals surface area contributed by atoms with Crippen LogP contribution in [-0.4, -0.2) is 55.5 Å². The van der Waals surface area contributed by atoms with Gasteiger partial charge in [-0.2, -0.15) is 0 Å². The predicted octanol–water partition coefficient (Wildman–Crippen LogP) is 3.54. The summed E-state index contributed by atoms with van der Waals surface area (Å²) in [7, 11) is 1.84. The largest absolute Gasteiger partial charge is 0.483 e. The number of benzene rings is 2. The Labute approximate surface area is 151 Å². The van der Waals surface area contributed by atoms with Crippen molar-refractivity contribution in [3.8, 4) is 5.75 Å². The van der Waals surface area contributed by atoms with Crippen LogP contribution in [0.4, 0.5) is 0 Å². The second-order valence-electron chi connectivity index (χ2n) is 6.25. The summed E-state index contributed by atoms with van der Waals surface area (Å²) in [5.41, 5.74) is 0. The first-order valence-corrected chi connectivity index (χ1v) is 9.21. The molecule has 0 N–H and O–H groups in total. The minimum Gasteiger partial charge on any atom is -0.483 e. The van der Waals surface area contributed by atoms with Crippen molar-refractivity contribution in [2.45, 2.75) is 12.8 Å². The number of halogens is 1. The number of likely N-dealkylation sites (tertiary alicyclic amines) is 1. The summed E-state index contributed by atoms with van der Waals surface area (Å²) in [4.78, 5) is 16.4. The van der Waals surface area contributed by atoms with Crippen molar-refractivity contribution in [2.24, 2.45) is 0 Å². The van der Waals surface area contributed by atoms with Crippen LogP contribution in [0.3, 0.4) is 0 Å². The Hall–Kier alpha value is -1.59. The Morgan fingerprint density at radius 2 is 1.96 bits per heavy atom. The summed E-state index contributed by atoms with van der Waals surface area (Å²) in [5, 5.41) is 2.23. The van der Waals surface area contributed by atoms with E-state index in [-0.39, 0.29) is 12.5 Å². The lowest BCUT2D eigenvalue weighted by atomic mass is 10.1. The molecule has 2 aromatic rings. The van der Waals surface area contributed by atoms with Crippen LogP contribution in [0.25, 0.3) is 10.8 Å². The van der Waals surface area contributed by atoms with Crippen LogP contribution in [0.5, 0.6) is 5.75 Å². The van der Waals surface area contributed by atoms with Gasteiger partial charge in [-0.25, -0.2) is 0 Å². The zero-order valence-corrected chi connectivity index (χ0v) is 15.6. The zero-order chi connectivity index (χ0) is 16.9. The second kappa shape index (κ2) is 7.99. The van der Waals surface area contributed by atoms with E-state index < -0.39 is 0 Å². The van der Waals surface area contributed by atoms with E-state index in [0.29, 0.717) is 5.75 Å². The summed E-state index contributed by atoms with van der Waals surface area (Å²) in [6.07, 6.45) is 2.55. The van der Waals surface area contributed by atoms with Crippen molar-refractivity contribution in [1.82, 2.24) is 9.80 Å². The molecule has 0 aromatic heterocycles. The van der Waals surface area contributed by atoms with Crippen LogP contribution in [-0.2, 0) is 4.79 Å². The number of hydrogen-bond acceptors (Lipinski definition) is 3. The lowest BCUT2D eigenvalue weighted by Crippen LogP contribution is -2.37. The van der Waals surface area contributed by atoms with Crippen molar-refractivity contribution < 1.29 is 9.53 Å². The minimum atomic E-state index is 0.00857. The highest BCUT2D eigenvalue weighted by molar-refractivity contribution is 9.10. The number of likely N-dealkylation sites (N-methyl/N-ethyl adjacent to an activating group) is 1. The van der Waals surface area contributed by atoms with E-state index >= 15 is 0 Å². The standard InChI is InChI=1S/C19H23BrN2O2/c1-21(12-13-22-10-4-5-11-22)18(23)14-24-17-9-8-15-6-2-3-7-16(15)19(17)20/h2-3,6-9H,4-5,10-14H2,1H3. The molecule has 1 aliphatic heterocycles. The maximum Gasteiger partial charge on any atom is 0.260 e. The molecule has 0 atom stereocenters. The van der Waals surface area contributed by atoms with Crippen LogP contribution in [0.2, 0.25) is 0 Å². The molecular formula is C19H23BrN2O2. The van der Waals surface area contributed by atoms with Gasteiger partial charge in [0.2, 0.25) is 0 Å². The van der Waals surface area contributed by atoms with Crippen molar-refractivity contribution in [3.05, 3.63) is 40.9 Å². The highest BCUT2D eigenvalue weighted by Crippen LogP contribution is 2.32. The fourth-order valence-corrected chi connectivity index (χ4v) is 3.60. The number of ether oxygens (including phenoxy) is 1. The fourth-order valence-electron chi connectivity index (χ4n) is 3.00. The van der Waals surface area contributed by atoms with Crippen LogP contribution in [0, 0.1) is 0 Å². The fraction of sp³-hybridized carbons (Fsp3) is 0.421. The van der Waals surface area contributed by atoms with Gasteiger partial charge in [-0.3, -0.25) is 4.79 Å². The molecule has 0 aliphatic carbocycles. The van der Waals surface area contributed by atoms with Gasteiger partial charge in [-0.05, 0) is 58.7 Å². The number of carbonyl (C=O) groups excluding carboxylic acids is 1. The number of carbonyl (C=O) groups is 1. The molecule has 0 spiro atoms. The van der Waals surface area contributed by atoms with Gasteiger partial charge in [0, 0.05) is 20.1 Å². The molecule has 1 fully saturated rings. The van der Waals surface area contributed by atoms with Crippen LogP contribution < -0.4 is 4.74 Å². The number of nitrogens with zero attached hydrogens (tertiary/aromatic N) is 2. The topological polar surface area (TPSA) is 32.8 Å². The van der Waals surface area contributed by atoms with E-state index in [1.807, 2.05) is 37.4 Å². The van der Waals surface area contributed by atoms with E-state index in [2.05, 4.69) is 26.9 Å². The maximum absolute atomic E-state index is 12.3. The number of rotatable bonds is 6. The van der Waals surface area contributed by atoms with Crippen LogP contribution >= 0.6 is 15.9 Å². The minimum absolute atomic E-state index is 0.00857. The molecule has 2 aromatic carbocycles. The third kappa shape index (κ3) is 4.08. The first-order chi connectivity index (χ1) is 11.6. The highest BCUT2D eigenvalue weighted by Gasteiger charge is 2.15. The van der Waals surface area contributed by atoms with E-state index in [0.717, 1.165) is 41.4 Å². The molecular weight excluding hydrogens is 368 g/mol. The number of hydrogen-bond donors (Lipinski definition) is 0. The van der Waals surface area contributed by atoms with Gasteiger partial charge in [0.1, 0.15) is 5.75 Å². The van der Waals surface area contributed by atoms with Gasteiger partial charge in [0.25, 0.3) is 5.91 Å². The number of amides is 1. The van der Waals surface area contributed by atoms with E-state index in [4.69, 9.17) is 4.74 Å². The summed E-state index contributed by atoms with van der Waals surface area (Å²) in [6.45, 7) is 4.07. The molecule has 1 aliphatic rings. The van der Waals surface area contributed by atoms with Crippen LogP contribution in [0.1, 0.15) is 12.8 Å². The molecule has 24 heavy (non-hydrogen) atoms. The van der Waals surface area contributed by atoms with Crippen molar-refractivity contribution in [3.63, 3.8) is 0 Å². The Morgan fingerprint density at radius 1 is 1.21 bits per heavy atom. The third-order valence-corrected chi connectivity index (χ3v) is 5.37. The molecule has 1 heterocycles. The molecule has 4 nitrogen and oxygen atoms in total. The van der Waals surface area contributed by atoms with Crippen molar-refractivity contribution in [1.29, 1.82) is 0 Å². The quantitative estimate of drug-likeness (QED) is 0.755. The first kappa shape index (κ1) is 17.2. The summed E-state index contributed by atoms with van der Waals surface area (Å²) < 4.78 is 6.64. The SMILES string of the molecule is CN(CCN1CCCC1)C(=O)COc1ccc2ccccc2c1Br. The maximum atomic E-state index is 12.3. The van der Waals surface area contributed by atoms with Gasteiger partial charge in [0.05, 0.1) is 4.47 Å². The molecule has 3 rings (SSSR count). The Morgan fingerprint density at radius 3 is 2.75 bits per heavy atom. The molecule has 1 amide bonds. The molecule has 5 heteroatoms. The lowest BCUT2D eigenvalue weighted by Gasteiger charge is -2.21. The molecule has 0 unspecified atom stereocenters. The smallest absolute Gasteiger partial charge is 0.260 e. The zero-order valence-electron chi connectivity index (χ0n) is 14.0. The monoisotopic (exact) mass is 390 g/mol. The Balaban J connectivity index is 1.54. The van der Waals surface area contributed by atoms with Gasteiger partial charge >= 0.3 is 0 Å². The van der Waals surface area contributed by atoms with Gasteiger partial charge in [0.15, 0.2) is 6.61 Å². The summed E-state index contributed by atoms with van der Waals surface area (Å²) in [6, 6.07) is 12.0. The molecule has 0 bridgehead atoms. The van der Waals surface area contributed by atoms with E-state index in [1.165, 1.54) is 12.8 Å². The highest BCUT2D eigenvalue weighted by atomic mass is 79.9. The first-order valence-electron chi connectivity index (χ1n) is 8.41. The second-order valence-corrected chi connectivity index (χ2v) is 7.04. The number of fused-ring (bicyclic) bond motifs is 1. The molecule has 128 valence electrons. The van der Waals surface area contributed by atoms with E-state index in [1.54, 1.807) is 4.90 Å². The normalized spacial score (nSPS) is 14.9. The molecule has 0 radical (unpaired) electrons. The van der Waals surface area contributed by atoms with Gasteiger partial charge in [-0.15, -0.1) is 0 Å². The summed E-state index contributed by atoms with van der Waals surface area (Å²) >= 11 is 3.59. The molecule has 1 saturated heterocycles. The van der Waals surface area contributed by atoms with Gasteiger partial charge in [-0.1, -0.05) is 30.3 Å². The Kier molecular flexibility index (Phi) is 5.74. The molecule has 0 saturated carbocycles. The lowest BCUT2D eigenvalue weighted by molar-refractivity contribution is -0.132. The predicted molar refractivity (Wildman–Crippen MR) is 100 cm³/mol. The van der Waals surface area contributed by atoms with Crippen LogP contribution in [0.15, 0.2) is 40.9 Å². The van der Waals surface area contributed by atoms with Crippen molar-refractivity contribution in [2.75, 3.05) is 39.8 Å². The van der Waals surface area contributed by atoms with Gasteiger partial charge < -0.3 is 14.5 Å². The Bertz CT molecular complexity index is 714. The van der Waals surface area contributed by atoms with E-state index in [9.17, 15) is 4.79 Å². The van der Waals surface area contributed by atoms with Crippen molar-refractivity contribution >= 4 is 32.6 Å². The average molecular weight is 391 g/mol. The summed E-state index contributed by atoms with van der Waals surface area (Å²) in [5.74, 6) is 0.712. The third-order valence-electron chi connectivity index (χ3n) is 4.56. The average Bonchev–Trinajstić information content (AvgIpc) is 3.12.